The highest BCUT2D eigenvalue weighted by molar-refractivity contribution is 7.99. The summed E-state index contributed by atoms with van der Waals surface area (Å²) in [5.74, 6) is -0.272. The molecule has 1 aliphatic heterocycles. The summed E-state index contributed by atoms with van der Waals surface area (Å²) >= 11 is 1.60. The van der Waals surface area contributed by atoms with Gasteiger partial charge in [-0.3, -0.25) is 14.5 Å². The lowest BCUT2D eigenvalue weighted by Crippen LogP contribution is -2.48. The van der Waals surface area contributed by atoms with E-state index in [9.17, 15) is 14.0 Å². The number of thioether (sulfide) groups is 1. The molecule has 1 aliphatic rings. The minimum Gasteiger partial charge on any atom is -0.480 e. The van der Waals surface area contributed by atoms with Crippen LogP contribution in [-0.4, -0.2) is 52.5 Å². The van der Waals surface area contributed by atoms with Crippen molar-refractivity contribution in [3.63, 3.8) is 0 Å². The monoisotopic (exact) mass is 312 g/mol. The Morgan fingerprint density at radius 3 is 2.90 bits per heavy atom. The minimum atomic E-state index is -0.864. The van der Waals surface area contributed by atoms with E-state index in [0.717, 1.165) is 5.75 Å². The normalized spacial score (nSPS) is 19.2. The highest BCUT2D eigenvalue weighted by Gasteiger charge is 2.28. The molecule has 1 amide bonds. The van der Waals surface area contributed by atoms with E-state index >= 15 is 0 Å². The number of aliphatic carboxylic acids is 1. The number of para-hydroxylation sites is 1. The standard InChI is InChI=1S/C14H17FN2O3S/c15-10-3-1-2-4-11(10)16-13(18)5-6-17-7-8-21-9-12(17)14(19)20/h1-4,12H,5-9H2,(H,16,18)(H,19,20). The predicted octanol–water partition coefficient (Wildman–Crippen LogP) is 1.66. The Kier molecular flexibility index (Phi) is 5.58. The summed E-state index contributed by atoms with van der Waals surface area (Å²) in [6.45, 7) is 1.01. The molecular formula is C14H17FN2O3S. The van der Waals surface area contributed by atoms with Crippen LogP contribution in [-0.2, 0) is 9.59 Å². The summed E-state index contributed by atoms with van der Waals surface area (Å²) in [7, 11) is 0. The van der Waals surface area contributed by atoms with E-state index in [4.69, 9.17) is 5.11 Å². The van der Waals surface area contributed by atoms with Crippen molar-refractivity contribution in [1.82, 2.24) is 4.90 Å². The molecule has 1 aromatic carbocycles. The van der Waals surface area contributed by atoms with Crippen molar-refractivity contribution in [2.75, 3.05) is 29.9 Å². The van der Waals surface area contributed by atoms with Crippen LogP contribution >= 0.6 is 11.8 Å². The molecule has 2 rings (SSSR count). The molecule has 5 nitrogen and oxygen atoms in total. The van der Waals surface area contributed by atoms with Crippen LogP contribution in [0.15, 0.2) is 24.3 Å². The van der Waals surface area contributed by atoms with E-state index < -0.39 is 17.8 Å². The van der Waals surface area contributed by atoms with Crippen LogP contribution in [0.1, 0.15) is 6.42 Å². The first-order valence-electron chi connectivity index (χ1n) is 6.67. The number of hydrogen-bond acceptors (Lipinski definition) is 4. The van der Waals surface area contributed by atoms with Gasteiger partial charge < -0.3 is 10.4 Å². The molecule has 1 heterocycles. The second-order valence-corrected chi connectivity index (χ2v) is 5.89. The molecule has 114 valence electrons. The fraction of sp³-hybridized carbons (Fsp3) is 0.429. The average Bonchev–Trinajstić information content (AvgIpc) is 2.48. The summed E-state index contributed by atoms with van der Waals surface area (Å²) in [5, 5.41) is 11.6. The first-order valence-corrected chi connectivity index (χ1v) is 7.82. The zero-order valence-electron chi connectivity index (χ0n) is 11.4. The molecular weight excluding hydrogens is 295 g/mol. The van der Waals surface area contributed by atoms with E-state index in [1.165, 1.54) is 12.1 Å². The average molecular weight is 312 g/mol. The Morgan fingerprint density at radius 1 is 1.43 bits per heavy atom. The summed E-state index contributed by atoms with van der Waals surface area (Å²) in [6, 6.07) is 5.41. The summed E-state index contributed by atoms with van der Waals surface area (Å²) in [4.78, 5) is 24.8. The van der Waals surface area contributed by atoms with Gasteiger partial charge in [0.2, 0.25) is 5.91 Å². The minimum absolute atomic E-state index is 0.142. The van der Waals surface area contributed by atoms with Gasteiger partial charge in [0, 0.05) is 31.0 Å². The second-order valence-electron chi connectivity index (χ2n) is 4.74. The molecule has 7 heteroatoms. The molecule has 2 N–H and O–H groups in total. The van der Waals surface area contributed by atoms with Crippen LogP contribution < -0.4 is 5.32 Å². The van der Waals surface area contributed by atoms with Gasteiger partial charge in [0.25, 0.3) is 0 Å². The third-order valence-corrected chi connectivity index (χ3v) is 4.32. The van der Waals surface area contributed by atoms with Crippen LogP contribution in [0.25, 0.3) is 0 Å². The number of benzene rings is 1. The van der Waals surface area contributed by atoms with Gasteiger partial charge in [-0.05, 0) is 12.1 Å². The SMILES string of the molecule is O=C(CCN1CCSCC1C(=O)O)Nc1ccccc1F. The summed E-state index contributed by atoms with van der Waals surface area (Å²) < 4.78 is 13.4. The third-order valence-electron chi connectivity index (χ3n) is 3.30. The first kappa shape index (κ1) is 15.8. The Bertz CT molecular complexity index is 527. The van der Waals surface area contributed by atoms with Crippen molar-refractivity contribution in [3.8, 4) is 0 Å². The zero-order valence-corrected chi connectivity index (χ0v) is 12.2. The van der Waals surface area contributed by atoms with E-state index in [1.54, 1.807) is 28.8 Å². The van der Waals surface area contributed by atoms with Gasteiger partial charge in [-0.1, -0.05) is 12.1 Å². The molecule has 1 aromatic rings. The number of carbonyl (C=O) groups excluding carboxylic acids is 1. The number of anilines is 1. The number of amides is 1. The van der Waals surface area contributed by atoms with Crippen LogP contribution in [0.3, 0.4) is 0 Å². The van der Waals surface area contributed by atoms with Crippen LogP contribution in [0.2, 0.25) is 0 Å². The molecule has 0 spiro atoms. The molecule has 0 radical (unpaired) electrons. The largest absolute Gasteiger partial charge is 0.480 e. The number of rotatable bonds is 5. The number of nitrogens with zero attached hydrogens (tertiary/aromatic N) is 1. The van der Waals surface area contributed by atoms with Crippen molar-refractivity contribution >= 4 is 29.3 Å². The van der Waals surface area contributed by atoms with Gasteiger partial charge in [0.15, 0.2) is 0 Å². The van der Waals surface area contributed by atoms with Gasteiger partial charge in [0.1, 0.15) is 11.9 Å². The van der Waals surface area contributed by atoms with E-state index in [2.05, 4.69) is 5.32 Å². The number of halogens is 1. The topological polar surface area (TPSA) is 69.6 Å². The first-order chi connectivity index (χ1) is 10.1. The summed E-state index contributed by atoms with van der Waals surface area (Å²) in [6.07, 6.45) is 0.142. The Balaban J connectivity index is 1.86. The quantitative estimate of drug-likeness (QED) is 0.865. The maximum atomic E-state index is 13.4. The number of carboxylic acid groups (broad SMARTS) is 1. The molecule has 21 heavy (non-hydrogen) atoms. The van der Waals surface area contributed by atoms with Crippen molar-refractivity contribution in [2.24, 2.45) is 0 Å². The number of carboxylic acids is 1. The van der Waals surface area contributed by atoms with Gasteiger partial charge in [-0.25, -0.2) is 4.39 Å². The van der Waals surface area contributed by atoms with E-state index in [0.29, 0.717) is 18.8 Å². The van der Waals surface area contributed by atoms with E-state index in [1.807, 2.05) is 0 Å². The molecule has 0 aliphatic carbocycles. The van der Waals surface area contributed by atoms with Crippen LogP contribution in [0.4, 0.5) is 10.1 Å². The molecule has 0 saturated carbocycles. The van der Waals surface area contributed by atoms with Gasteiger partial charge in [-0.2, -0.15) is 11.8 Å². The second kappa shape index (κ2) is 7.42. The molecule has 1 saturated heterocycles. The van der Waals surface area contributed by atoms with Crippen LogP contribution in [0.5, 0.6) is 0 Å². The molecule has 1 fully saturated rings. The predicted molar refractivity (Wildman–Crippen MR) is 80.0 cm³/mol. The van der Waals surface area contributed by atoms with Gasteiger partial charge in [0.05, 0.1) is 5.69 Å². The molecule has 1 atom stereocenters. The molecule has 0 bridgehead atoms. The van der Waals surface area contributed by atoms with Gasteiger partial charge >= 0.3 is 5.97 Å². The van der Waals surface area contributed by atoms with Crippen molar-refractivity contribution in [2.45, 2.75) is 12.5 Å². The Labute approximate surface area is 126 Å². The Hall–Kier alpha value is -1.60. The Morgan fingerprint density at radius 2 is 2.19 bits per heavy atom. The fourth-order valence-electron chi connectivity index (χ4n) is 2.15. The zero-order chi connectivity index (χ0) is 15.2. The lowest BCUT2D eigenvalue weighted by atomic mass is 10.2. The highest BCUT2D eigenvalue weighted by Crippen LogP contribution is 2.17. The highest BCUT2D eigenvalue weighted by atomic mass is 32.2. The maximum absolute atomic E-state index is 13.4. The number of nitrogens with one attached hydrogen (secondary N) is 1. The fourth-order valence-corrected chi connectivity index (χ4v) is 3.26. The lowest BCUT2D eigenvalue weighted by Gasteiger charge is -2.32. The smallest absolute Gasteiger partial charge is 0.321 e. The van der Waals surface area contributed by atoms with Crippen molar-refractivity contribution in [1.29, 1.82) is 0 Å². The maximum Gasteiger partial charge on any atom is 0.321 e. The third kappa shape index (κ3) is 4.44. The van der Waals surface area contributed by atoms with Gasteiger partial charge in [-0.15, -0.1) is 0 Å². The number of carbonyl (C=O) groups is 2. The molecule has 1 unspecified atom stereocenters. The number of hydrogen-bond donors (Lipinski definition) is 2. The van der Waals surface area contributed by atoms with Crippen molar-refractivity contribution < 1.29 is 19.1 Å². The van der Waals surface area contributed by atoms with Crippen molar-refractivity contribution in [3.05, 3.63) is 30.1 Å². The summed E-state index contributed by atoms with van der Waals surface area (Å²) in [5.41, 5.74) is 0.145. The van der Waals surface area contributed by atoms with E-state index in [-0.39, 0.29) is 18.0 Å². The molecule has 0 aromatic heterocycles. The van der Waals surface area contributed by atoms with Crippen LogP contribution in [0, 0.1) is 5.82 Å². The lowest BCUT2D eigenvalue weighted by molar-refractivity contribution is -0.142.